The molecule has 1 aromatic carbocycles. The molecule has 0 fully saturated rings. The van der Waals surface area contributed by atoms with Gasteiger partial charge in [0.1, 0.15) is 5.75 Å². The molecule has 1 aliphatic heterocycles. The molecule has 0 unspecified atom stereocenters. The molecule has 3 rings (SSSR count). The normalized spacial score (nSPS) is 13.6. The van der Waals surface area contributed by atoms with Crippen molar-refractivity contribution in [3.8, 4) is 11.6 Å². The van der Waals surface area contributed by atoms with Crippen molar-refractivity contribution in [2.75, 3.05) is 13.7 Å². The molecule has 16 heavy (non-hydrogen) atoms. The van der Waals surface area contributed by atoms with Crippen molar-refractivity contribution in [2.45, 2.75) is 13.3 Å². The smallest absolute Gasteiger partial charge is 0.213 e. The number of aryl methyl sites for hydroxylation is 1. The summed E-state index contributed by atoms with van der Waals surface area (Å²) < 4.78 is 10.9. The number of hydrogen-bond donors (Lipinski definition) is 0. The van der Waals surface area contributed by atoms with Crippen LogP contribution in [0.4, 0.5) is 0 Å². The molecule has 0 saturated carbocycles. The van der Waals surface area contributed by atoms with E-state index in [0.29, 0.717) is 5.88 Å². The second kappa shape index (κ2) is 3.37. The Labute approximate surface area is 94.0 Å². The summed E-state index contributed by atoms with van der Waals surface area (Å²) in [6.07, 6.45) is 0.995. The predicted octanol–water partition coefficient (Wildman–Crippen LogP) is 2.49. The highest BCUT2D eigenvalue weighted by Gasteiger charge is 2.17. The lowest BCUT2D eigenvalue weighted by Gasteiger charge is -2.08. The van der Waals surface area contributed by atoms with Crippen LogP contribution in [0.5, 0.6) is 11.6 Å². The minimum Gasteiger partial charge on any atom is -0.492 e. The maximum absolute atomic E-state index is 5.68. The highest BCUT2D eigenvalue weighted by molar-refractivity contribution is 5.92. The number of benzene rings is 1. The number of fused-ring (bicyclic) bond motifs is 3. The van der Waals surface area contributed by atoms with Crippen LogP contribution in [0.25, 0.3) is 10.8 Å². The maximum Gasteiger partial charge on any atom is 0.213 e. The fraction of sp³-hybridized carbons (Fsp3) is 0.308. The molecular weight excluding hydrogens is 202 g/mol. The molecule has 2 aromatic rings. The lowest BCUT2D eigenvalue weighted by atomic mass is 10.0. The maximum atomic E-state index is 5.68. The van der Waals surface area contributed by atoms with E-state index in [1.54, 1.807) is 7.11 Å². The standard InChI is InChI=1S/C13H13NO2/c1-8-10-4-3-9-5-6-16-13(9)11(10)7-12(14-8)15-2/h3-4,7H,5-6H2,1-2H3. The number of aromatic nitrogens is 1. The van der Waals surface area contributed by atoms with Gasteiger partial charge >= 0.3 is 0 Å². The van der Waals surface area contributed by atoms with Crippen molar-refractivity contribution in [1.82, 2.24) is 4.98 Å². The van der Waals surface area contributed by atoms with E-state index in [0.717, 1.165) is 35.2 Å². The molecule has 0 amide bonds. The van der Waals surface area contributed by atoms with Gasteiger partial charge in [0.2, 0.25) is 5.88 Å². The minimum absolute atomic E-state index is 0.647. The summed E-state index contributed by atoms with van der Waals surface area (Å²) in [6, 6.07) is 6.20. The van der Waals surface area contributed by atoms with Gasteiger partial charge in [-0.3, -0.25) is 0 Å². The van der Waals surface area contributed by atoms with Gasteiger partial charge in [-0.25, -0.2) is 4.98 Å². The predicted molar refractivity (Wildman–Crippen MR) is 62.2 cm³/mol. The van der Waals surface area contributed by atoms with E-state index in [9.17, 15) is 0 Å². The van der Waals surface area contributed by atoms with Gasteiger partial charge in [0.05, 0.1) is 13.7 Å². The molecule has 2 heterocycles. The fourth-order valence-corrected chi connectivity index (χ4v) is 2.22. The van der Waals surface area contributed by atoms with Gasteiger partial charge in [0, 0.05) is 29.0 Å². The lowest BCUT2D eigenvalue weighted by Crippen LogP contribution is -1.93. The number of methoxy groups -OCH3 is 1. The minimum atomic E-state index is 0.647. The molecule has 0 spiro atoms. The number of ether oxygens (including phenoxy) is 2. The molecule has 0 radical (unpaired) electrons. The summed E-state index contributed by atoms with van der Waals surface area (Å²) >= 11 is 0. The molecule has 0 aliphatic carbocycles. The van der Waals surface area contributed by atoms with Crippen LogP contribution in [-0.4, -0.2) is 18.7 Å². The largest absolute Gasteiger partial charge is 0.492 e. The van der Waals surface area contributed by atoms with Crippen LogP contribution in [0.1, 0.15) is 11.3 Å². The van der Waals surface area contributed by atoms with Gasteiger partial charge in [-0.05, 0) is 12.5 Å². The van der Waals surface area contributed by atoms with E-state index < -0.39 is 0 Å². The Morgan fingerprint density at radius 2 is 2.19 bits per heavy atom. The molecule has 3 heteroatoms. The van der Waals surface area contributed by atoms with Crippen LogP contribution in [0, 0.1) is 6.92 Å². The van der Waals surface area contributed by atoms with Gasteiger partial charge in [0.15, 0.2) is 0 Å². The lowest BCUT2D eigenvalue weighted by molar-refractivity contribution is 0.360. The van der Waals surface area contributed by atoms with Gasteiger partial charge in [0.25, 0.3) is 0 Å². The van der Waals surface area contributed by atoms with Gasteiger partial charge in [-0.2, -0.15) is 0 Å². The molecule has 1 aromatic heterocycles. The van der Waals surface area contributed by atoms with Crippen LogP contribution in [0.3, 0.4) is 0 Å². The average molecular weight is 215 g/mol. The van der Waals surface area contributed by atoms with Gasteiger partial charge in [-0.15, -0.1) is 0 Å². The summed E-state index contributed by atoms with van der Waals surface area (Å²) in [5.74, 6) is 1.65. The van der Waals surface area contributed by atoms with E-state index in [1.807, 2.05) is 13.0 Å². The second-order valence-corrected chi connectivity index (χ2v) is 4.00. The van der Waals surface area contributed by atoms with E-state index in [2.05, 4.69) is 17.1 Å². The van der Waals surface area contributed by atoms with Crippen molar-refractivity contribution in [2.24, 2.45) is 0 Å². The molecule has 0 N–H and O–H groups in total. The van der Waals surface area contributed by atoms with Crippen LogP contribution < -0.4 is 9.47 Å². The van der Waals surface area contributed by atoms with Crippen LogP contribution >= 0.6 is 0 Å². The van der Waals surface area contributed by atoms with E-state index >= 15 is 0 Å². The van der Waals surface area contributed by atoms with Gasteiger partial charge in [-0.1, -0.05) is 12.1 Å². The number of pyridine rings is 1. The fourth-order valence-electron chi connectivity index (χ4n) is 2.22. The molecule has 0 saturated heterocycles. The zero-order valence-corrected chi connectivity index (χ0v) is 9.41. The Morgan fingerprint density at radius 1 is 1.31 bits per heavy atom. The van der Waals surface area contributed by atoms with Crippen molar-refractivity contribution < 1.29 is 9.47 Å². The monoisotopic (exact) mass is 215 g/mol. The number of nitrogens with zero attached hydrogens (tertiary/aromatic N) is 1. The molecule has 0 atom stereocenters. The van der Waals surface area contributed by atoms with E-state index in [1.165, 1.54) is 5.56 Å². The third-order valence-corrected chi connectivity index (χ3v) is 3.04. The van der Waals surface area contributed by atoms with Crippen molar-refractivity contribution in [3.05, 3.63) is 29.5 Å². The Balaban J connectivity index is 2.37. The first-order chi connectivity index (χ1) is 7.79. The Morgan fingerprint density at radius 3 is 3.00 bits per heavy atom. The SMILES string of the molecule is COc1cc2c3c(ccc2c(C)n1)CCO3. The van der Waals surface area contributed by atoms with E-state index in [4.69, 9.17) is 9.47 Å². The summed E-state index contributed by atoms with van der Waals surface area (Å²) in [6.45, 7) is 2.77. The van der Waals surface area contributed by atoms with Gasteiger partial charge < -0.3 is 9.47 Å². The first kappa shape index (κ1) is 9.46. The summed E-state index contributed by atoms with van der Waals surface area (Å²) in [7, 11) is 1.64. The van der Waals surface area contributed by atoms with Crippen LogP contribution in [0.2, 0.25) is 0 Å². The third-order valence-electron chi connectivity index (χ3n) is 3.04. The van der Waals surface area contributed by atoms with Crippen LogP contribution in [0.15, 0.2) is 18.2 Å². The third kappa shape index (κ3) is 1.24. The molecule has 1 aliphatic rings. The highest BCUT2D eigenvalue weighted by atomic mass is 16.5. The summed E-state index contributed by atoms with van der Waals surface area (Å²) in [5.41, 5.74) is 2.26. The van der Waals surface area contributed by atoms with Crippen molar-refractivity contribution in [3.63, 3.8) is 0 Å². The topological polar surface area (TPSA) is 31.4 Å². The summed E-state index contributed by atoms with van der Waals surface area (Å²) in [5, 5.41) is 2.25. The zero-order chi connectivity index (χ0) is 11.1. The Hall–Kier alpha value is -1.77. The molecular formula is C13H13NO2. The first-order valence-corrected chi connectivity index (χ1v) is 5.39. The van der Waals surface area contributed by atoms with Crippen molar-refractivity contribution >= 4 is 10.8 Å². The Bertz CT molecular complexity index is 563. The highest BCUT2D eigenvalue weighted by Crippen LogP contribution is 2.36. The average Bonchev–Trinajstić information content (AvgIpc) is 2.77. The zero-order valence-electron chi connectivity index (χ0n) is 9.41. The molecule has 0 bridgehead atoms. The van der Waals surface area contributed by atoms with Crippen molar-refractivity contribution in [1.29, 1.82) is 0 Å². The molecule has 82 valence electrons. The first-order valence-electron chi connectivity index (χ1n) is 5.39. The van der Waals surface area contributed by atoms with Crippen LogP contribution in [-0.2, 0) is 6.42 Å². The number of hydrogen-bond acceptors (Lipinski definition) is 3. The molecule has 3 nitrogen and oxygen atoms in total. The summed E-state index contributed by atoms with van der Waals surface area (Å²) in [4.78, 5) is 4.37. The number of rotatable bonds is 1. The quantitative estimate of drug-likeness (QED) is 0.732. The Kier molecular flexibility index (Phi) is 1.99. The second-order valence-electron chi connectivity index (χ2n) is 4.00. The van der Waals surface area contributed by atoms with E-state index in [-0.39, 0.29) is 0 Å².